The summed E-state index contributed by atoms with van der Waals surface area (Å²) >= 11 is 4.16. The second kappa shape index (κ2) is 9.61. The lowest BCUT2D eigenvalue weighted by atomic mass is 10.2. The van der Waals surface area contributed by atoms with E-state index in [1.54, 1.807) is 17.8 Å². The van der Waals surface area contributed by atoms with Gasteiger partial charge < -0.3 is 0 Å². The molecule has 152 valence electrons. The van der Waals surface area contributed by atoms with Crippen molar-refractivity contribution in [1.82, 2.24) is 14.3 Å². The van der Waals surface area contributed by atoms with Gasteiger partial charge in [-0.25, -0.2) is 18.7 Å². The molecule has 1 saturated heterocycles. The van der Waals surface area contributed by atoms with Gasteiger partial charge in [0.2, 0.25) is 0 Å². The first kappa shape index (κ1) is 21.6. The van der Waals surface area contributed by atoms with Crippen molar-refractivity contribution in [2.45, 2.75) is 15.9 Å². The molecule has 0 amide bonds. The van der Waals surface area contributed by atoms with E-state index in [1.165, 1.54) is 28.2 Å². The third-order valence-corrected chi connectivity index (χ3v) is 7.80. The number of nitrogens with zero attached hydrogens (tertiary/aromatic N) is 3. The summed E-state index contributed by atoms with van der Waals surface area (Å²) < 4.78 is 56.2. The smallest absolute Gasteiger partial charge is 0.254 e. The minimum Gasteiger partial charge on any atom is -0.254 e. The number of benzene rings is 1. The van der Waals surface area contributed by atoms with Crippen molar-refractivity contribution in [3.8, 4) is 0 Å². The van der Waals surface area contributed by atoms with E-state index in [0.29, 0.717) is 18.1 Å². The topological polar surface area (TPSA) is 75.2 Å². The van der Waals surface area contributed by atoms with E-state index < -0.39 is 21.8 Å². The number of halogens is 2. The largest absolute Gasteiger partial charge is 0.302 e. The van der Waals surface area contributed by atoms with Crippen LogP contribution in [0.2, 0.25) is 0 Å². The number of anilines is 1. The maximum absolute atomic E-state index is 13.8. The Kier molecular flexibility index (Phi) is 7.42. The summed E-state index contributed by atoms with van der Waals surface area (Å²) in [5.74, 6) is -0.0382. The molecule has 2 heterocycles. The van der Waals surface area contributed by atoms with Crippen LogP contribution >= 0.6 is 35.3 Å². The number of hydrogen-bond donors (Lipinski definition) is 1. The Morgan fingerprint density at radius 1 is 1.25 bits per heavy atom. The number of nitrogens with one attached hydrogen (secondary N) is 1. The number of thioether (sulfide) groups is 3. The van der Waals surface area contributed by atoms with Gasteiger partial charge in [-0.2, -0.15) is 24.5 Å². The molecule has 28 heavy (non-hydrogen) atoms. The van der Waals surface area contributed by atoms with Gasteiger partial charge >= 0.3 is 10.2 Å². The fourth-order valence-electron chi connectivity index (χ4n) is 2.41. The zero-order valence-corrected chi connectivity index (χ0v) is 18.2. The Bertz CT molecular complexity index is 940. The van der Waals surface area contributed by atoms with Gasteiger partial charge in [0.1, 0.15) is 10.8 Å². The molecule has 12 heteroatoms. The molecule has 1 aliphatic heterocycles. The molecule has 0 spiro atoms. The van der Waals surface area contributed by atoms with Crippen LogP contribution in [0.4, 0.5) is 14.6 Å². The second-order valence-electron chi connectivity index (χ2n) is 5.70. The van der Waals surface area contributed by atoms with Crippen molar-refractivity contribution in [2.75, 3.05) is 35.6 Å². The van der Waals surface area contributed by atoms with Crippen LogP contribution in [0.5, 0.6) is 0 Å². The second-order valence-corrected chi connectivity index (χ2v) is 10.4. The first-order valence-corrected chi connectivity index (χ1v) is 13.0. The van der Waals surface area contributed by atoms with Crippen LogP contribution in [0.15, 0.2) is 34.4 Å². The quantitative estimate of drug-likeness (QED) is 0.382. The highest BCUT2D eigenvalue weighted by molar-refractivity contribution is 7.99. The Labute approximate surface area is 175 Å². The van der Waals surface area contributed by atoms with Gasteiger partial charge in [0, 0.05) is 42.0 Å². The Balaban J connectivity index is 1.77. The molecule has 2 aromatic rings. The van der Waals surface area contributed by atoms with E-state index in [2.05, 4.69) is 14.7 Å². The van der Waals surface area contributed by atoms with Crippen molar-refractivity contribution in [1.29, 1.82) is 0 Å². The number of hydrogen-bond acceptors (Lipinski definition) is 7. The van der Waals surface area contributed by atoms with Gasteiger partial charge in [-0.15, -0.1) is 11.8 Å². The molecule has 0 aliphatic carbocycles. The molecule has 1 aromatic carbocycles. The molecule has 0 bridgehead atoms. The monoisotopic (exact) mass is 464 g/mol. The van der Waals surface area contributed by atoms with Gasteiger partial charge in [-0.1, -0.05) is 23.9 Å². The fraction of sp³-hybridized carbons (Fsp3) is 0.375. The van der Waals surface area contributed by atoms with Crippen molar-refractivity contribution >= 4 is 51.3 Å². The van der Waals surface area contributed by atoms with Gasteiger partial charge in [-0.05, 0) is 12.3 Å². The maximum Gasteiger partial charge on any atom is 0.302 e. The standard InChI is InChI=1S/C16H18F2N4O2S4/c1-25-14-9-13(21-28(23,24)22-5-7-26-8-6-22)19-16(20-14)27-10-11-3-2-4-12(17)15(11)18/h2-4,9H,5-8,10H2,1H3,(H,19,20,21). The zero-order valence-electron chi connectivity index (χ0n) is 14.9. The molecular weight excluding hydrogens is 446 g/mol. The highest BCUT2D eigenvalue weighted by atomic mass is 32.2. The third-order valence-electron chi connectivity index (χ3n) is 3.82. The van der Waals surface area contributed by atoms with E-state index in [-0.39, 0.29) is 22.3 Å². The van der Waals surface area contributed by atoms with Crippen LogP contribution in [0.25, 0.3) is 0 Å². The minimum atomic E-state index is -3.71. The molecular formula is C16H18F2N4O2S4. The van der Waals surface area contributed by atoms with Crippen molar-refractivity contribution < 1.29 is 17.2 Å². The summed E-state index contributed by atoms with van der Waals surface area (Å²) in [4.78, 5) is 8.54. The maximum atomic E-state index is 13.8. The summed E-state index contributed by atoms with van der Waals surface area (Å²) in [5.41, 5.74) is 0.191. The predicted octanol–water partition coefficient (Wildman–Crippen LogP) is 3.47. The van der Waals surface area contributed by atoms with E-state index >= 15 is 0 Å². The summed E-state index contributed by atoms with van der Waals surface area (Å²) in [5, 5.41) is 0.853. The van der Waals surface area contributed by atoms with Crippen LogP contribution in [0.1, 0.15) is 5.56 Å². The van der Waals surface area contributed by atoms with Gasteiger partial charge in [0.25, 0.3) is 0 Å². The molecule has 0 atom stereocenters. The summed E-state index contributed by atoms with van der Waals surface area (Å²) in [6.07, 6.45) is 1.81. The lowest BCUT2D eigenvalue weighted by Crippen LogP contribution is -2.41. The first-order chi connectivity index (χ1) is 13.4. The van der Waals surface area contributed by atoms with E-state index in [4.69, 9.17) is 0 Å². The minimum absolute atomic E-state index is 0.122. The van der Waals surface area contributed by atoms with Crippen LogP contribution in [-0.4, -0.2) is 53.5 Å². The van der Waals surface area contributed by atoms with E-state index in [9.17, 15) is 17.2 Å². The molecule has 3 rings (SSSR count). The van der Waals surface area contributed by atoms with E-state index in [1.807, 2.05) is 6.26 Å². The van der Waals surface area contributed by atoms with Crippen molar-refractivity contribution in [3.05, 3.63) is 41.5 Å². The lowest BCUT2D eigenvalue weighted by Gasteiger charge is -2.25. The molecule has 0 saturated carbocycles. The summed E-state index contributed by atoms with van der Waals surface area (Å²) in [7, 11) is -3.71. The molecule has 6 nitrogen and oxygen atoms in total. The predicted molar refractivity (Wildman–Crippen MR) is 111 cm³/mol. The van der Waals surface area contributed by atoms with Gasteiger partial charge in [-0.3, -0.25) is 4.72 Å². The number of aromatic nitrogens is 2. The normalized spacial score (nSPS) is 15.5. The molecule has 0 radical (unpaired) electrons. The van der Waals surface area contributed by atoms with Gasteiger partial charge in [0.15, 0.2) is 16.8 Å². The Hall–Kier alpha value is -1.08. The average molecular weight is 465 g/mol. The lowest BCUT2D eigenvalue weighted by molar-refractivity contribution is 0.447. The highest BCUT2D eigenvalue weighted by Crippen LogP contribution is 2.26. The Morgan fingerprint density at radius 2 is 2.00 bits per heavy atom. The third kappa shape index (κ3) is 5.50. The van der Waals surface area contributed by atoms with Crippen LogP contribution in [0.3, 0.4) is 0 Å². The Morgan fingerprint density at radius 3 is 2.71 bits per heavy atom. The van der Waals surface area contributed by atoms with E-state index in [0.717, 1.165) is 29.3 Å². The number of rotatable bonds is 7. The average Bonchev–Trinajstić information content (AvgIpc) is 2.69. The molecule has 1 aromatic heterocycles. The van der Waals surface area contributed by atoms with Crippen LogP contribution in [-0.2, 0) is 16.0 Å². The van der Waals surface area contributed by atoms with Crippen molar-refractivity contribution in [2.24, 2.45) is 0 Å². The van der Waals surface area contributed by atoms with Crippen LogP contribution < -0.4 is 4.72 Å². The molecule has 1 fully saturated rings. The first-order valence-electron chi connectivity index (χ1n) is 8.23. The van der Waals surface area contributed by atoms with Gasteiger partial charge in [0.05, 0.1) is 0 Å². The SMILES string of the molecule is CSc1cc(NS(=O)(=O)N2CCSCC2)nc(SCc2cccc(F)c2F)n1. The fourth-order valence-corrected chi connectivity index (χ4v) is 6.00. The van der Waals surface area contributed by atoms with Crippen molar-refractivity contribution in [3.63, 3.8) is 0 Å². The molecule has 1 N–H and O–H groups in total. The highest BCUT2D eigenvalue weighted by Gasteiger charge is 2.25. The zero-order chi connectivity index (χ0) is 20.1. The van der Waals surface area contributed by atoms with Crippen LogP contribution in [0, 0.1) is 11.6 Å². The molecule has 1 aliphatic rings. The summed E-state index contributed by atoms with van der Waals surface area (Å²) in [6.45, 7) is 0.891. The summed E-state index contributed by atoms with van der Waals surface area (Å²) in [6, 6.07) is 5.53. The molecule has 0 unspecified atom stereocenters.